The SMILES string of the molecule is CCN(C)/C=N\c1cc(C)c(C(=O)COc2ccc(Cl)c(Cl)c2)cc1C. The third kappa shape index (κ3) is 5.23. The van der Waals surface area contributed by atoms with Crippen molar-refractivity contribution in [1.82, 2.24) is 4.90 Å². The van der Waals surface area contributed by atoms with Gasteiger partial charge in [0.1, 0.15) is 5.75 Å². The zero-order chi connectivity index (χ0) is 19.3. The first-order chi connectivity index (χ1) is 12.3. The molecule has 0 fully saturated rings. The molecular weight excluding hydrogens is 371 g/mol. The van der Waals surface area contributed by atoms with Crippen molar-refractivity contribution >= 4 is 41.0 Å². The molecule has 0 bridgehead atoms. The Morgan fingerprint density at radius 1 is 1.15 bits per heavy atom. The Morgan fingerprint density at radius 2 is 1.88 bits per heavy atom. The Balaban J connectivity index is 2.12. The lowest BCUT2D eigenvalue weighted by Gasteiger charge is -2.12. The van der Waals surface area contributed by atoms with Gasteiger partial charge in [-0.2, -0.15) is 0 Å². The second-order valence-corrected chi connectivity index (χ2v) is 6.87. The molecule has 2 rings (SSSR count). The highest BCUT2D eigenvalue weighted by molar-refractivity contribution is 6.42. The number of carbonyl (C=O) groups excluding carboxylic acids is 1. The van der Waals surface area contributed by atoms with Crippen molar-refractivity contribution < 1.29 is 9.53 Å². The number of nitrogens with zero attached hydrogens (tertiary/aromatic N) is 2. The average molecular weight is 393 g/mol. The molecule has 0 unspecified atom stereocenters. The lowest BCUT2D eigenvalue weighted by Crippen LogP contribution is -2.14. The molecule has 2 aromatic carbocycles. The molecule has 6 heteroatoms. The van der Waals surface area contributed by atoms with Crippen molar-refractivity contribution in [3.8, 4) is 5.75 Å². The van der Waals surface area contributed by atoms with Gasteiger partial charge >= 0.3 is 0 Å². The summed E-state index contributed by atoms with van der Waals surface area (Å²) >= 11 is 11.8. The van der Waals surface area contributed by atoms with Crippen molar-refractivity contribution in [3.63, 3.8) is 0 Å². The summed E-state index contributed by atoms with van der Waals surface area (Å²) in [6.45, 7) is 6.70. The normalized spacial score (nSPS) is 11.0. The number of rotatable bonds is 7. The highest BCUT2D eigenvalue weighted by Crippen LogP contribution is 2.27. The van der Waals surface area contributed by atoms with Gasteiger partial charge in [0.15, 0.2) is 12.4 Å². The largest absolute Gasteiger partial charge is 0.485 e. The van der Waals surface area contributed by atoms with Crippen LogP contribution in [0.4, 0.5) is 5.69 Å². The number of hydrogen-bond acceptors (Lipinski definition) is 3. The summed E-state index contributed by atoms with van der Waals surface area (Å²) in [5.74, 6) is 0.406. The summed E-state index contributed by atoms with van der Waals surface area (Å²) in [6.07, 6.45) is 1.79. The molecule has 0 aliphatic rings. The molecule has 0 aliphatic carbocycles. The number of carbonyl (C=O) groups is 1. The molecular formula is C20H22Cl2N2O2. The predicted octanol–water partition coefficient (Wildman–Crippen LogP) is 5.48. The quantitative estimate of drug-likeness (QED) is 0.355. The van der Waals surface area contributed by atoms with Crippen LogP contribution < -0.4 is 4.74 Å². The van der Waals surface area contributed by atoms with Crippen LogP contribution in [0, 0.1) is 13.8 Å². The van der Waals surface area contributed by atoms with Gasteiger partial charge in [0.2, 0.25) is 0 Å². The monoisotopic (exact) mass is 392 g/mol. The highest BCUT2D eigenvalue weighted by Gasteiger charge is 2.13. The maximum atomic E-state index is 12.5. The maximum Gasteiger partial charge on any atom is 0.200 e. The molecule has 0 saturated carbocycles. The minimum atomic E-state index is -0.0992. The van der Waals surface area contributed by atoms with Crippen LogP contribution in [0.25, 0.3) is 0 Å². The summed E-state index contributed by atoms with van der Waals surface area (Å²) in [5.41, 5.74) is 3.29. The second-order valence-electron chi connectivity index (χ2n) is 6.06. The average Bonchev–Trinajstić information content (AvgIpc) is 2.62. The lowest BCUT2D eigenvalue weighted by atomic mass is 10.0. The Morgan fingerprint density at radius 3 is 2.54 bits per heavy atom. The number of ether oxygens (including phenoxy) is 1. The van der Waals surface area contributed by atoms with Gasteiger partial charge in [-0.15, -0.1) is 0 Å². The van der Waals surface area contributed by atoms with Crippen LogP contribution in [0.5, 0.6) is 5.75 Å². The van der Waals surface area contributed by atoms with E-state index in [1.807, 2.05) is 37.9 Å². The highest BCUT2D eigenvalue weighted by atomic mass is 35.5. The van der Waals surface area contributed by atoms with Crippen LogP contribution >= 0.6 is 23.2 Å². The fourth-order valence-electron chi connectivity index (χ4n) is 2.28. The van der Waals surface area contributed by atoms with Crippen LogP contribution in [0.3, 0.4) is 0 Å². The number of ketones is 1. The summed E-state index contributed by atoms with van der Waals surface area (Å²) in [7, 11) is 1.96. The number of hydrogen-bond donors (Lipinski definition) is 0. The first-order valence-electron chi connectivity index (χ1n) is 8.28. The molecule has 0 N–H and O–H groups in total. The Labute approximate surface area is 164 Å². The second kappa shape index (κ2) is 9.06. The summed E-state index contributed by atoms with van der Waals surface area (Å²) in [4.78, 5) is 19.0. The van der Waals surface area contributed by atoms with Gasteiger partial charge in [0.05, 0.1) is 22.1 Å². The molecule has 0 atom stereocenters. The van der Waals surface area contributed by atoms with Crippen molar-refractivity contribution in [1.29, 1.82) is 0 Å². The summed E-state index contributed by atoms with van der Waals surface area (Å²) in [6, 6.07) is 8.69. The molecule has 0 heterocycles. The van der Waals surface area contributed by atoms with Gasteiger partial charge in [-0.05, 0) is 56.2 Å². The first kappa shape index (κ1) is 20.3. The minimum Gasteiger partial charge on any atom is -0.485 e. The number of benzene rings is 2. The first-order valence-corrected chi connectivity index (χ1v) is 9.04. The van der Waals surface area contributed by atoms with Crippen LogP contribution in [0.2, 0.25) is 10.0 Å². The number of aryl methyl sites for hydroxylation is 2. The van der Waals surface area contributed by atoms with Crippen molar-refractivity contribution in [2.24, 2.45) is 4.99 Å². The van der Waals surface area contributed by atoms with Gasteiger partial charge in [-0.25, -0.2) is 4.99 Å². The molecule has 2 aromatic rings. The maximum absolute atomic E-state index is 12.5. The summed E-state index contributed by atoms with van der Waals surface area (Å²) in [5, 5.41) is 0.838. The summed E-state index contributed by atoms with van der Waals surface area (Å²) < 4.78 is 5.55. The smallest absolute Gasteiger partial charge is 0.200 e. The molecule has 4 nitrogen and oxygen atoms in total. The Bertz CT molecular complexity index is 835. The zero-order valence-electron chi connectivity index (χ0n) is 15.3. The van der Waals surface area contributed by atoms with Gasteiger partial charge in [0.25, 0.3) is 0 Å². The van der Waals surface area contributed by atoms with E-state index in [2.05, 4.69) is 11.9 Å². The van der Waals surface area contributed by atoms with E-state index < -0.39 is 0 Å². The Hall–Kier alpha value is -2.04. The van der Waals surface area contributed by atoms with Gasteiger partial charge in [-0.3, -0.25) is 4.79 Å². The van der Waals surface area contributed by atoms with E-state index in [-0.39, 0.29) is 12.4 Å². The topological polar surface area (TPSA) is 41.9 Å². The predicted molar refractivity (Wildman–Crippen MR) is 109 cm³/mol. The van der Waals surface area contributed by atoms with E-state index in [4.69, 9.17) is 27.9 Å². The van der Waals surface area contributed by atoms with Crippen molar-refractivity contribution in [2.45, 2.75) is 20.8 Å². The van der Waals surface area contributed by atoms with Crippen LogP contribution in [0.15, 0.2) is 35.3 Å². The number of Topliss-reactive ketones (excluding diaryl/α,β-unsaturated/α-hetero) is 1. The molecule has 0 radical (unpaired) electrons. The van der Waals surface area contributed by atoms with E-state index in [0.717, 1.165) is 23.4 Å². The number of halogens is 2. The van der Waals surface area contributed by atoms with Gasteiger partial charge < -0.3 is 9.64 Å². The lowest BCUT2D eigenvalue weighted by molar-refractivity contribution is 0.0921. The van der Waals surface area contributed by atoms with E-state index in [9.17, 15) is 4.79 Å². The van der Waals surface area contributed by atoms with E-state index >= 15 is 0 Å². The molecule has 0 aliphatic heterocycles. The fourth-order valence-corrected chi connectivity index (χ4v) is 2.56. The molecule has 26 heavy (non-hydrogen) atoms. The van der Waals surface area contributed by atoms with E-state index in [0.29, 0.717) is 21.4 Å². The number of aliphatic imine (C=N–C) groups is 1. The minimum absolute atomic E-state index is 0.0700. The van der Waals surface area contributed by atoms with E-state index in [1.165, 1.54) is 0 Å². The van der Waals surface area contributed by atoms with Crippen LogP contribution in [0.1, 0.15) is 28.4 Å². The fraction of sp³-hybridized carbons (Fsp3) is 0.300. The van der Waals surface area contributed by atoms with Crippen LogP contribution in [-0.2, 0) is 0 Å². The molecule has 0 aromatic heterocycles. The third-order valence-corrected chi connectivity index (χ3v) is 4.74. The van der Waals surface area contributed by atoms with Gasteiger partial charge in [0, 0.05) is 25.2 Å². The third-order valence-electron chi connectivity index (χ3n) is 4.00. The van der Waals surface area contributed by atoms with E-state index in [1.54, 1.807) is 24.5 Å². The van der Waals surface area contributed by atoms with Crippen molar-refractivity contribution in [3.05, 3.63) is 57.1 Å². The molecule has 138 valence electrons. The molecule has 0 amide bonds. The molecule has 0 spiro atoms. The van der Waals surface area contributed by atoms with Crippen LogP contribution in [-0.4, -0.2) is 37.2 Å². The Kier molecular flexibility index (Phi) is 7.06. The van der Waals surface area contributed by atoms with Gasteiger partial charge in [-0.1, -0.05) is 23.2 Å². The molecule has 0 saturated heterocycles. The zero-order valence-corrected chi connectivity index (χ0v) is 16.9. The standard InChI is InChI=1S/C20H22Cl2N2O2/c1-5-24(4)12-23-19-9-13(2)16(8-14(19)3)20(25)11-26-15-6-7-17(21)18(22)10-15/h6-10,12H,5,11H2,1-4H3/b23-12-. The van der Waals surface area contributed by atoms with Crippen molar-refractivity contribution in [2.75, 3.05) is 20.2 Å².